The summed E-state index contributed by atoms with van der Waals surface area (Å²) in [4.78, 5) is 0. The molecule has 0 radical (unpaired) electrons. The van der Waals surface area contributed by atoms with Gasteiger partial charge in [-0.3, -0.25) is 0 Å². The van der Waals surface area contributed by atoms with Crippen LogP contribution in [0.15, 0.2) is 0 Å². The second-order valence-corrected chi connectivity index (χ2v) is 7.62. The molecule has 4 fully saturated rings. The summed E-state index contributed by atoms with van der Waals surface area (Å²) < 4.78 is 2.32. The highest BCUT2D eigenvalue weighted by atomic mass is 15.5. The Balaban J connectivity index is 1.72. The Morgan fingerprint density at radius 3 is 2.20 bits per heavy atom. The Hall–Kier alpha value is -0.900. The monoisotopic (exact) mass is 274 g/mol. The van der Waals surface area contributed by atoms with Gasteiger partial charge in [-0.2, -0.15) is 0 Å². The lowest BCUT2D eigenvalue weighted by Crippen LogP contribution is -2.52. The van der Waals surface area contributed by atoms with E-state index in [0.717, 1.165) is 23.4 Å². The van der Waals surface area contributed by atoms with E-state index in [1.165, 1.54) is 44.2 Å². The third-order valence-corrected chi connectivity index (χ3v) is 6.23. The molecule has 1 heterocycles. The summed E-state index contributed by atoms with van der Waals surface area (Å²) >= 11 is 0. The molecule has 4 aliphatic rings. The van der Waals surface area contributed by atoms with Crippen molar-refractivity contribution >= 4 is 0 Å². The molecule has 0 saturated heterocycles. The van der Waals surface area contributed by atoms with E-state index in [2.05, 4.69) is 34.2 Å². The molecule has 1 aromatic heterocycles. The van der Waals surface area contributed by atoms with Crippen molar-refractivity contribution in [3.05, 3.63) is 11.4 Å². The van der Waals surface area contributed by atoms with Gasteiger partial charge in [-0.1, -0.05) is 5.21 Å². The Kier molecular flexibility index (Phi) is 2.75. The van der Waals surface area contributed by atoms with Crippen molar-refractivity contribution in [1.82, 2.24) is 20.3 Å². The summed E-state index contributed by atoms with van der Waals surface area (Å²) in [6.07, 6.45) is 8.47. The molecular formula is C16H26N4. The minimum absolute atomic E-state index is 0.290. The largest absolute Gasteiger partial charge is 0.312 e. The van der Waals surface area contributed by atoms with Crippen LogP contribution in [0.2, 0.25) is 0 Å². The molecule has 4 saturated carbocycles. The topological polar surface area (TPSA) is 42.7 Å². The molecule has 0 spiro atoms. The molecule has 4 heteroatoms. The van der Waals surface area contributed by atoms with Gasteiger partial charge in [-0.05, 0) is 77.2 Å². The van der Waals surface area contributed by atoms with Crippen molar-refractivity contribution in [2.75, 3.05) is 7.05 Å². The molecule has 1 N–H and O–H groups in total. The number of aromatic nitrogens is 3. The zero-order valence-electron chi connectivity index (χ0n) is 12.9. The molecule has 1 atom stereocenters. The van der Waals surface area contributed by atoms with E-state index < -0.39 is 0 Å². The molecule has 4 aliphatic carbocycles. The van der Waals surface area contributed by atoms with E-state index in [1.54, 1.807) is 0 Å². The minimum atomic E-state index is 0.290. The lowest BCUT2D eigenvalue weighted by atomic mass is 9.53. The van der Waals surface area contributed by atoms with Crippen molar-refractivity contribution in [2.45, 2.75) is 64.0 Å². The normalized spacial score (nSPS) is 40.2. The first-order valence-corrected chi connectivity index (χ1v) is 8.21. The maximum absolute atomic E-state index is 4.60. The quantitative estimate of drug-likeness (QED) is 0.921. The lowest BCUT2D eigenvalue weighted by Gasteiger charge is -2.56. The van der Waals surface area contributed by atoms with E-state index in [4.69, 9.17) is 0 Å². The number of hydrogen-bond acceptors (Lipinski definition) is 3. The Labute approximate surface area is 121 Å². The highest BCUT2D eigenvalue weighted by molar-refractivity contribution is 5.16. The van der Waals surface area contributed by atoms with E-state index in [9.17, 15) is 0 Å². The van der Waals surface area contributed by atoms with Crippen LogP contribution in [0, 0.1) is 24.7 Å². The van der Waals surface area contributed by atoms with Crippen molar-refractivity contribution in [3.63, 3.8) is 0 Å². The molecule has 4 bridgehead atoms. The van der Waals surface area contributed by atoms with Crippen LogP contribution in [0.5, 0.6) is 0 Å². The van der Waals surface area contributed by atoms with Gasteiger partial charge in [0.15, 0.2) is 0 Å². The van der Waals surface area contributed by atoms with Gasteiger partial charge in [0.1, 0.15) is 5.69 Å². The van der Waals surface area contributed by atoms with E-state index in [1.807, 2.05) is 7.05 Å². The van der Waals surface area contributed by atoms with Crippen molar-refractivity contribution in [2.24, 2.45) is 17.8 Å². The van der Waals surface area contributed by atoms with Crippen molar-refractivity contribution < 1.29 is 0 Å². The minimum Gasteiger partial charge on any atom is -0.312 e. The average Bonchev–Trinajstić information content (AvgIpc) is 2.79. The van der Waals surface area contributed by atoms with Crippen LogP contribution in [0.4, 0.5) is 0 Å². The van der Waals surface area contributed by atoms with Gasteiger partial charge in [0.05, 0.1) is 17.3 Å². The Morgan fingerprint density at radius 2 is 1.70 bits per heavy atom. The molecule has 5 rings (SSSR count). The van der Waals surface area contributed by atoms with Crippen LogP contribution in [0.25, 0.3) is 0 Å². The summed E-state index contributed by atoms with van der Waals surface area (Å²) in [6.45, 7) is 4.38. The SMILES string of the molecule is CNC(C)c1nnn(C23CC4CC(CC(C4)C2)C3)c1C. The third kappa shape index (κ3) is 1.70. The van der Waals surface area contributed by atoms with E-state index in [-0.39, 0.29) is 6.04 Å². The van der Waals surface area contributed by atoms with Crippen LogP contribution in [0.3, 0.4) is 0 Å². The fourth-order valence-electron chi connectivity index (χ4n) is 5.65. The smallest absolute Gasteiger partial charge is 0.102 e. The molecule has 1 aromatic rings. The fourth-order valence-corrected chi connectivity index (χ4v) is 5.65. The van der Waals surface area contributed by atoms with Gasteiger partial charge in [-0.25, -0.2) is 4.68 Å². The van der Waals surface area contributed by atoms with Crippen molar-refractivity contribution in [3.8, 4) is 0 Å². The van der Waals surface area contributed by atoms with Gasteiger partial charge in [0.2, 0.25) is 0 Å². The highest BCUT2D eigenvalue weighted by Gasteiger charge is 2.53. The number of hydrogen-bond donors (Lipinski definition) is 1. The summed E-state index contributed by atoms with van der Waals surface area (Å²) in [5, 5.41) is 12.4. The zero-order valence-corrected chi connectivity index (χ0v) is 12.9. The predicted molar refractivity (Wildman–Crippen MR) is 78.4 cm³/mol. The van der Waals surface area contributed by atoms with Crippen LogP contribution < -0.4 is 5.32 Å². The summed E-state index contributed by atoms with van der Waals surface area (Å²) in [6, 6.07) is 0.290. The molecular weight excluding hydrogens is 248 g/mol. The van der Waals surface area contributed by atoms with Crippen LogP contribution in [-0.2, 0) is 5.54 Å². The molecule has 1 unspecified atom stereocenters. The molecule has 110 valence electrons. The first kappa shape index (κ1) is 12.8. The van der Waals surface area contributed by atoms with Gasteiger partial charge < -0.3 is 5.32 Å². The van der Waals surface area contributed by atoms with Gasteiger partial charge in [0, 0.05) is 0 Å². The zero-order chi connectivity index (χ0) is 13.9. The molecule has 0 amide bonds. The van der Waals surface area contributed by atoms with E-state index >= 15 is 0 Å². The molecule has 0 aromatic carbocycles. The predicted octanol–water partition coefficient (Wildman–Crippen LogP) is 2.79. The summed E-state index contributed by atoms with van der Waals surface area (Å²) in [7, 11) is 1.99. The van der Waals surface area contributed by atoms with Crippen LogP contribution in [0.1, 0.15) is 62.9 Å². The maximum Gasteiger partial charge on any atom is 0.102 e. The average molecular weight is 274 g/mol. The first-order valence-electron chi connectivity index (χ1n) is 8.21. The summed E-state index contributed by atoms with van der Waals surface area (Å²) in [5.41, 5.74) is 2.72. The van der Waals surface area contributed by atoms with Gasteiger partial charge in [0.25, 0.3) is 0 Å². The highest BCUT2D eigenvalue weighted by Crippen LogP contribution is 2.58. The Morgan fingerprint density at radius 1 is 1.15 bits per heavy atom. The van der Waals surface area contributed by atoms with E-state index in [0.29, 0.717) is 5.54 Å². The fraction of sp³-hybridized carbons (Fsp3) is 0.875. The third-order valence-electron chi connectivity index (χ3n) is 6.23. The number of nitrogens with one attached hydrogen (secondary N) is 1. The van der Waals surface area contributed by atoms with Gasteiger partial charge >= 0.3 is 0 Å². The maximum atomic E-state index is 4.60. The summed E-state index contributed by atoms with van der Waals surface area (Å²) in [5.74, 6) is 2.86. The van der Waals surface area contributed by atoms with Crippen molar-refractivity contribution in [1.29, 1.82) is 0 Å². The number of rotatable bonds is 3. The standard InChI is InChI=1S/C16H26N4/c1-10(17-3)15-11(2)20(19-18-15)16-7-12-4-13(8-16)6-14(5-12)9-16/h10,12-14,17H,4-9H2,1-3H3. The van der Waals surface area contributed by atoms with Crippen LogP contribution >= 0.6 is 0 Å². The number of nitrogens with zero attached hydrogens (tertiary/aromatic N) is 3. The first-order chi connectivity index (χ1) is 9.61. The van der Waals surface area contributed by atoms with Crippen LogP contribution in [-0.4, -0.2) is 22.0 Å². The lowest BCUT2D eigenvalue weighted by molar-refractivity contribution is -0.0512. The second-order valence-electron chi connectivity index (χ2n) is 7.62. The Bertz CT molecular complexity index is 483. The molecule has 0 aliphatic heterocycles. The van der Waals surface area contributed by atoms with Gasteiger partial charge in [-0.15, -0.1) is 5.10 Å². The second kappa shape index (κ2) is 4.30. The molecule has 20 heavy (non-hydrogen) atoms. The molecule has 4 nitrogen and oxygen atoms in total.